The first-order valence-corrected chi connectivity index (χ1v) is 5.33. The summed E-state index contributed by atoms with van der Waals surface area (Å²) in [6, 6.07) is 9.28. The molecule has 2 heteroatoms. The van der Waals surface area contributed by atoms with E-state index in [2.05, 4.69) is 36.5 Å². The molecule has 0 spiro atoms. The van der Waals surface area contributed by atoms with Crippen molar-refractivity contribution in [2.75, 3.05) is 6.54 Å². The molecule has 2 atom stereocenters. The zero-order valence-electron chi connectivity index (χ0n) is 8.66. The fourth-order valence-electron chi connectivity index (χ4n) is 2.05. The van der Waals surface area contributed by atoms with E-state index >= 15 is 0 Å². The molecular weight excluding hydrogens is 172 g/mol. The van der Waals surface area contributed by atoms with Crippen LogP contribution in [0.4, 0.5) is 0 Å². The largest absolute Gasteiger partial charge is 0.326 e. The van der Waals surface area contributed by atoms with Crippen LogP contribution in [-0.4, -0.2) is 12.6 Å². The smallest absolute Gasteiger partial charge is 0.0473 e. The van der Waals surface area contributed by atoms with Crippen molar-refractivity contribution in [2.24, 2.45) is 5.73 Å². The van der Waals surface area contributed by atoms with E-state index in [-0.39, 0.29) is 6.04 Å². The molecule has 1 aromatic rings. The topological polar surface area (TPSA) is 38.0 Å². The Hall–Kier alpha value is -0.860. The first kappa shape index (κ1) is 9.69. The average molecular weight is 190 g/mol. The number of rotatable bonds is 1. The van der Waals surface area contributed by atoms with E-state index in [0.29, 0.717) is 6.04 Å². The Morgan fingerprint density at radius 3 is 2.64 bits per heavy atom. The van der Waals surface area contributed by atoms with Gasteiger partial charge in [0.25, 0.3) is 0 Å². The lowest BCUT2D eigenvalue weighted by Gasteiger charge is -2.30. The van der Waals surface area contributed by atoms with E-state index < -0.39 is 0 Å². The van der Waals surface area contributed by atoms with Gasteiger partial charge >= 0.3 is 0 Å². The van der Waals surface area contributed by atoms with Crippen LogP contribution in [0.15, 0.2) is 24.3 Å². The number of hydrogen-bond donors (Lipinski definition) is 2. The Balaban J connectivity index is 2.16. The molecule has 0 bridgehead atoms. The summed E-state index contributed by atoms with van der Waals surface area (Å²) < 4.78 is 0. The highest BCUT2D eigenvalue weighted by Gasteiger charge is 2.22. The van der Waals surface area contributed by atoms with E-state index in [4.69, 9.17) is 5.73 Å². The van der Waals surface area contributed by atoms with Gasteiger partial charge in [0.2, 0.25) is 0 Å². The molecule has 1 heterocycles. The average Bonchev–Trinajstić information content (AvgIpc) is 2.20. The standard InChI is InChI=1S/C12H18N2/c1-9-4-6-10(7-5-9)12-11(13)3-2-8-14-12/h4-7,11-12,14H,2-3,8,13H2,1H3/t11-,12-/m0/s1. The molecule has 0 radical (unpaired) electrons. The summed E-state index contributed by atoms with van der Waals surface area (Å²) in [4.78, 5) is 0. The lowest BCUT2D eigenvalue weighted by Crippen LogP contribution is -2.42. The third kappa shape index (κ3) is 1.97. The molecule has 14 heavy (non-hydrogen) atoms. The number of nitrogens with one attached hydrogen (secondary N) is 1. The summed E-state index contributed by atoms with van der Waals surface area (Å²) >= 11 is 0. The van der Waals surface area contributed by atoms with E-state index in [9.17, 15) is 0 Å². The Kier molecular flexibility index (Phi) is 2.85. The van der Waals surface area contributed by atoms with E-state index in [0.717, 1.165) is 13.0 Å². The quantitative estimate of drug-likeness (QED) is 0.708. The lowest BCUT2D eigenvalue weighted by molar-refractivity contribution is 0.358. The second-order valence-corrected chi connectivity index (χ2v) is 4.15. The van der Waals surface area contributed by atoms with Crippen molar-refractivity contribution in [3.05, 3.63) is 35.4 Å². The summed E-state index contributed by atoms with van der Waals surface area (Å²) in [5, 5.41) is 3.48. The Morgan fingerprint density at radius 2 is 2.00 bits per heavy atom. The van der Waals surface area contributed by atoms with Gasteiger partial charge in [-0.15, -0.1) is 0 Å². The van der Waals surface area contributed by atoms with Gasteiger partial charge in [0.05, 0.1) is 0 Å². The van der Waals surface area contributed by atoms with Gasteiger partial charge in [-0.25, -0.2) is 0 Å². The molecule has 0 unspecified atom stereocenters. The Morgan fingerprint density at radius 1 is 1.29 bits per heavy atom. The third-order valence-corrected chi connectivity index (χ3v) is 2.94. The van der Waals surface area contributed by atoms with Gasteiger partial charge in [0.15, 0.2) is 0 Å². The highest BCUT2D eigenvalue weighted by molar-refractivity contribution is 5.25. The van der Waals surface area contributed by atoms with Crippen molar-refractivity contribution in [3.63, 3.8) is 0 Å². The highest BCUT2D eigenvalue weighted by atomic mass is 15.0. The van der Waals surface area contributed by atoms with Crippen molar-refractivity contribution in [3.8, 4) is 0 Å². The van der Waals surface area contributed by atoms with Crippen molar-refractivity contribution in [2.45, 2.75) is 31.8 Å². The molecule has 2 rings (SSSR count). The maximum absolute atomic E-state index is 6.09. The van der Waals surface area contributed by atoms with Crippen LogP contribution in [0.3, 0.4) is 0 Å². The van der Waals surface area contributed by atoms with E-state index in [1.54, 1.807) is 0 Å². The number of benzene rings is 1. The van der Waals surface area contributed by atoms with E-state index in [1.807, 2.05) is 0 Å². The van der Waals surface area contributed by atoms with Crippen LogP contribution in [-0.2, 0) is 0 Å². The van der Waals surface area contributed by atoms with Crippen LogP contribution in [0.2, 0.25) is 0 Å². The Labute approximate surface area is 85.5 Å². The zero-order valence-corrected chi connectivity index (χ0v) is 8.66. The second-order valence-electron chi connectivity index (χ2n) is 4.15. The van der Waals surface area contributed by atoms with Crippen LogP contribution in [0, 0.1) is 6.92 Å². The SMILES string of the molecule is Cc1ccc([C@@H]2NCCC[C@@H]2N)cc1. The minimum absolute atomic E-state index is 0.270. The van der Waals surface area contributed by atoms with Gasteiger partial charge in [-0.05, 0) is 31.9 Å². The monoisotopic (exact) mass is 190 g/mol. The highest BCUT2D eigenvalue weighted by Crippen LogP contribution is 2.22. The predicted molar refractivity (Wildman–Crippen MR) is 59.1 cm³/mol. The minimum atomic E-state index is 0.270. The maximum atomic E-state index is 6.09. The van der Waals surface area contributed by atoms with Gasteiger partial charge in [-0.1, -0.05) is 29.8 Å². The molecule has 3 N–H and O–H groups in total. The van der Waals surface area contributed by atoms with Crippen molar-refractivity contribution in [1.29, 1.82) is 0 Å². The van der Waals surface area contributed by atoms with Crippen LogP contribution >= 0.6 is 0 Å². The lowest BCUT2D eigenvalue weighted by atomic mass is 9.93. The predicted octanol–water partition coefficient (Wildman–Crippen LogP) is 1.75. The number of piperidine rings is 1. The molecule has 1 aromatic carbocycles. The third-order valence-electron chi connectivity index (χ3n) is 2.94. The van der Waals surface area contributed by atoms with E-state index in [1.165, 1.54) is 17.5 Å². The van der Waals surface area contributed by atoms with Gasteiger partial charge in [0.1, 0.15) is 0 Å². The molecule has 76 valence electrons. The van der Waals surface area contributed by atoms with Crippen molar-refractivity contribution < 1.29 is 0 Å². The molecule has 0 amide bonds. The molecule has 1 aliphatic heterocycles. The summed E-state index contributed by atoms with van der Waals surface area (Å²) in [7, 11) is 0. The van der Waals surface area contributed by atoms with Gasteiger partial charge in [-0.3, -0.25) is 0 Å². The fourth-order valence-corrected chi connectivity index (χ4v) is 2.05. The summed E-state index contributed by atoms with van der Waals surface area (Å²) in [6.45, 7) is 3.20. The molecule has 1 aliphatic rings. The molecule has 0 aromatic heterocycles. The summed E-state index contributed by atoms with van der Waals surface area (Å²) in [6.07, 6.45) is 2.33. The van der Waals surface area contributed by atoms with Crippen LogP contribution < -0.4 is 11.1 Å². The van der Waals surface area contributed by atoms with Gasteiger partial charge in [-0.2, -0.15) is 0 Å². The molecule has 1 fully saturated rings. The second kappa shape index (κ2) is 4.11. The summed E-state index contributed by atoms with van der Waals surface area (Å²) in [5.74, 6) is 0. The molecule has 2 nitrogen and oxygen atoms in total. The number of nitrogens with two attached hydrogens (primary N) is 1. The van der Waals surface area contributed by atoms with Crippen molar-refractivity contribution in [1.82, 2.24) is 5.32 Å². The normalized spacial score (nSPS) is 27.6. The Bertz CT molecular complexity index is 292. The number of hydrogen-bond acceptors (Lipinski definition) is 2. The van der Waals surface area contributed by atoms with Crippen LogP contribution in [0.5, 0.6) is 0 Å². The maximum Gasteiger partial charge on any atom is 0.0473 e. The summed E-state index contributed by atoms with van der Waals surface area (Å²) in [5.41, 5.74) is 8.71. The van der Waals surface area contributed by atoms with Gasteiger partial charge in [0, 0.05) is 12.1 Å². The van der Waals surface area contributed by atoms with Crippen LogP contribution in [0.1, 0.15) is 30.0 Å². The first-order valence-electron chi connectivity index (χ1n) is 5.33. The minimum Gasteiger partial charge on any atom is -0.326 e. The van der Waals surface area contributed by atoms with Gasteiger partial charge < -0.3 is 11.1 Å². The molecular formula is C12H18N2. The molecule has 1 saturated heterocycles. The van der Waals surface area contributed by atoms with Crippen molar-refractivity contribution >= 4 is 0 Å². The fraction of sp³-hybridized carbons (Fsp3) is 0.500. The van der Waals surface area contributed by atoms with Crippen LogP contribution in [0.25, 0.3) is 0 Å². The molecule has 0 saturated carbocycles. The number of aryl methyl sites for hydroxylation is 1. The zero-order chi connectivity index (χ0) is 9.97. The molecule has 0 aliphatic carbocycles. The first-order chi connectivity index (χ1) is 6.77.